The third-order valence-corrected chi connectivity index (χ3v) is 6.42. The van der Waals surface area contributed by atoms with Crippen LogP contribution in [0.25, 0.3) is 0 Å². The Bertz CT molecular complexity index is 1370. The average Bonchev–Trinajstić information content (AvgIpc) is 2.93. The number of aryl methyl sites for hydroxylation is 2. The Labute approximate surface area is 240 Å². The van der Waals surface area contributed by atoms with Crippen LogP contribution in [0.3, 0.4) is 0 Å². The largest absolute Gasteiger partial charge is 0.462 e. The summed E-state index contributed by atoms with van der Waals surface area (Å²) in [5.74, 6) is -1.41. The van der Waals surface area contributed by atoms with Gasteiger partial charge in [-0.3, -0.25) is 4.79 Å². The number of rotatable bonds is 13. The zero-order valence-corrected chi connectivity index (χ0v) is 23.9. The van der Waals surface area contributed by atoms with Crippen molar-refractivity contribution in [2.24, 2.45) is 0 Å². The van der Waals surface area contributed by atoms with Crippen molar-refractivity contribution < 1.29 is 38.1 Å². The van der Waals surface area contributed by atoms with Gasteiger partial charge in [0, 0.05) is 16.7 Å². The molecule has 0 N–H and O–H groups in total. The molecule has 0 saturated heterocycles. The molecule has 1 aliphatic heterocycles. The number of hydrogen-bond donors (Lipinski definition) is 0. The maximum atomic E-state index is 13.1. The number of benzene rings is 2. The molecular weight excluding hydrogens is 524 g/mol. The summed E-state index contributed by atoms with van der Waals surface area (Å²) in [6.45, 7) is 16.0. The molecule has 216 valence electrons. The quantitative estimate of drug-likeness (QED) is 0.137. The van der Waals surface area contributed by atoms with Crippen molar-refractivity contribution in [3.63, 3.8) is 0 Å². The molecule has 0 amide bonds. The number of ether oxygens (including phenoxy) is 4. The number of carbonyl (C=O) groups is 4. The average molecular weight is 561 g/mol. The van der Waals surface area contributed by atoms with Gasteiger partial charge in [0.25, 0.3) is 0 Å². The van der Waals surface area contributed by atoms with E-state index in [1.807, 2.05) is 12.1 Å². The van der Waals surface area contributed by atoms with E-state index >= 15 is 0 Å². The van der Waals surface area contributed by atoms with Crippen LogP contribution >= 0.6 is 0 Å². The molecule has 2 aromatic rings. The highest BCUT2D eigenvalue weighted by atomic mass is 16.5. The lowest BCUT2D eigenvalue weighted by Gasteiger charge is -2.26. The minimum atomic E-state index is -0.537. The maximum Gasteiger partial charge on any atom is 0.338 e. The van der Waals surface area contributed by atoms with Gasteiger partial charge in [0.2, 0.25) is 0 Å². The summed E-state index contributed by atoms with van der Waals surface area (Å²) in [6, 6.07) is 10.8. The minimum Gasteiger partial charge on any atom is -0.462 e. The molecule has 0 saturated carbocycles. The molecule has 0 radical (unpaired) electrons. The molecule has 1 atom stereocenters. The van der Waals surface area contributed by atoms with Gasteiger partial charge in [-0.15, -0.1) is 0 Å². The number of fused-ring (bicyclic) bond motifs is 1. The van der Waals surface area contributed by atoms with Gasteiger partial charge in [0.15, 0.2) is 0 Å². The van der Waals surface area contributed by atoms with Gasteiger partial charge in [-0.2, -0.15) is 0 Å². The smallest absolute Gasteiger partial charge is 0.338 e. The molecule has 1 aliphatic rings. The third-order valence-electron chi connectivity index (χ3n) is 6.42. The highest BCUT2D eigenvalue weighted by Crippen LogP contribution is 2.38. The summed E-state index contributed by atoms with van der Waals surface area (Å²) in [4.78, 5) is 48.4. The first-order chi connectivity index (χ1) is 19.5. The van der Waals surface area contributed by atoms with Crippen molar-refractivity contribution in [3.8, 4) is 11.5 Å². The summed E-state index contributed by atoms with van der Waals surface area (Å²) < 4.78 is 21.6. The van der Waals surface area contributed by atoms with Gasteiger partial charge < -0.3 is 18.9 Å². The monoisotopic (exact) mass is 560 g/mol. The molecule has 41 heavy (non-hydrogen) atoms. The van der Waals surface area contributed by atoms with Crippen molar-refractivity contribution in [2.45, 2.75) is 58.8 Å². The van der Waals surface area contributed by atoms with Gasteiger partial charge in [-0.05, 0) is 87.3 Å². The van der Waals surface area contributed by atoms with E-state index in [4.69, 9.17) is 18.9 Å². The molecule has 8 heteroatoms. The fourth-order valence-corrected chi connectivity index (χ4v) is 4.25. The topological polar surface area (TPSA) is 105 Å². The van der Waals surface area contributed by atoms with Gasteiger partial charge in [-0.1, -0.05) is 44.0 Å². The molecule has 0 fully saturated rings. The van der Waals surface area contributed by atoms with E-state index < -0.39 is 23.8 Å². The zero-order chi connectivity index (χ0) is 30.1. The predicted octanol–water partition coefficient (Wildman–Crippen LogP) is 5.52. The zero-order valence-electron chi connectivity index (χ0n) is 23.9. The first-order valence-corrected chi connectivity index (χ1v) is 13.5. The Morgan fingerprint density at radius 2 is 1.39 bits per heavy atom. The SMILES string of the molecule is C=C(C)C(=O)OCCCc1cc(CCCOC(=O)C(=C)C)c2c(c1)CC(c1ccc(OC(=O)C(=C)C)cc1)C(=O)O2. The van der Waals surface area contributed by atoms with Crippen LogP contribution < -0.4 is 9.47 Å². The van der Waals surface area contributed by atoms with Crippen LogP contribution in [0, 0.1) is 0 Å². The van der Waals surface area contributed by atoms with Crippen molar-refractivity contribution in [1.29, 1.82) is 0 Å². The molecule has 2 aromatic carbocycles. The van der Waals surface area contributed by atoms with E-state index in [1.54, 1.807) is 45.0 Å². The standard InChI is InChI=1S/C33H36O8/c1-20(2)30(34)38-15-7-9-23-17-25(10-8-16-39-31(35)21(3)4)29-26(18-23)19-28(33(37)41-29)24-11-13-27(14-12-24)40-32(36)22(5)6/h11-14,17-18,28H,1,3,5,7-10,15-16,19H2,2,4,6H3. The van der Waals surface area contributed by atoms with Crippen LogP contribution in [0.5, 0.6) is 11.5 Å². The second kappa shape index (κ2) is 14.3. The predicted molar refractivity (Wildman–Crippen MR) is 154 cm³/mol. The first-order valence-electron chi connectivity index (χ1n) is 13.5. The Balaban J connectivity index is 1.78. The summed E-state index contributed by atoms with van der Waals surface area (Å²) in [5.41, 5.74) is 4.46. The van der Waals surface area contributed by atoms with E-state index in [9.17, 15) is 19.2 Å². The summed E-state index contributed by atoms with van der Waals surface area (Å²) in [7, 11) is 0. The van der Waals surface area contributed by atoms with Crippen LogP contribution in [0.15, 0.2) is 72.9 Å². The van der Waals surface area contributed by atoms with Crippen molar-refractivity contribution in [1.82, 2.24) is 0 Å². The molecule has 1 heterocycles. The fraction of sp³-hybridized carbons (Fsp3) is 0.333. The molecule has 8 nitrogen and oxygen atoms in total. The Morgan fingerprint density at radius 1 is 0.829 bits per heavy atom. The van der Waals surface area contributed by atoms with Crippen LogP contribution in [-0.2, 0) is 47.9 Å². The lowest BCUT2D eigenvalue weighted by Crippen LogP contribution is -2.27. The number of carbonyl (C=O) groups excluding carboxylic acids is 4. The van der Waals surface area contributed by atoms with Gasteiger partial charge in [0.05, 0.1) is 19.1 Å². The van der Waals surface area contributed by atoms with Crippen LogP contribution in [0.2, 0.25) is 0 Å². The Kier molecular flexibility index (Phi) is 10.8. The fourth-order valence-electron chi connectivity index (χ4n) is 4.25. The van der Waals surface area contributed by atoms with Crippen molar-refractivity contribution in [3.05, 3.63) is 95.1 Å². The molecule has 0 bridgehead atoms. The third kappa shape index (κ3) is 8.76. The molecule has 0 aliphatic carbocycles. The van der Waals surface area contributed by atoms with E-state index in [2.05, 4.69) is 19.7 Å². The van der Waals surface area contributed by atoms with Crippen LogP contribution in [0.4, 0.5) is 0 Å². The Morgan fingerprint density at radius 3 is 1.95 bits per heavy atom. The van der Waals surface area contributed by atoms with Crippen LogP contribution in [0.1, 0.15) is 61.8 Å². The molecule has 1 unspecified atom stereocenters. The lowest BCUT2D eigenvalue weighted by atomic mass is 9.86. The Hall–Kier alpha value is -4.46. The minimum absolute atomic E-state index is 0.209. The van der Waals surface area contributed by atoms with E-state index in [1.165, 1.54) is 0 Å². The van der Waals surface area contributed by atoms with E-state index in [-0.39, 0.29) is 24.8 Å². The summed E-state index contributed by atoms with van der Waals surface area (Å²) >= 11 is 0. The van der Waals surface area contributed by atoms with Crippen molar-refractivity contribution in [2.75, 3.05) is 13.2 Å². The second-order valence-electron chi connectivity index (χ2n) is 10.2. The van der Waals surface area contributed by atoms with Gasteiger partial charge in [0.1, 0.15) is 11.5 Å². The molecule has 3 rings (SSSR count). The molecule has 0 aromatic heterocycles. The lowest BCUT2D eigenvalue weighted by molar-refractivity contribution is -0.139. The summed E-state index contributed by atoms with van der Waals surface area (Å²) in [5, 5.41) is 0. The first kappa shape index (κ1) is 31.1. The normalized spacial score (nSPS) is 13.8. The number of hydrogen-bond acceptors (Lipinski definition) is 8. The van der Waals surface area contributed by atoms with Gasteiger partial charge in [-0.25, -0.2) is 14.4 Å². The van der Waals surface area contributed by atoms with Gasteiger partial charge >= 0.3 is 23.9 Å². The van der Waals surface area contributed by atoms with E-state index in [0.717, 1.165) is 22.3 Å². The maximum absolute atomic E-state index is 13.1. The molecular formula is C33H36O8. The molecule has 0 spiro atoms. The highest BCUT2D eigenvalue weighted by molar-refractivity contribution is 5.89. The van der Waals surface area contributed by atoms with Crippen LogP contribution in [-0.4, -0.2) is 37.1 Å². The number of esters is 4. The highest BCUT2D eigenvalue weighted by Gasteiger charge is 2.32. The second-order valence-corrected chi connectivity index (χ2v) is 10.2. The van der Waals surface area contributed by atoms with E-state index in [0.29, 0.717) is 54.7 Å². The van der Waals surface area contributed by atoms with Crippen molar-refractivity contribution >= 4 is 23.9 Å². The summed E-state index contributed by atoms with van der Waals surface area (Å²) in [6.07, 6.45) is 2.76.